The summed E-state index contributed by atoms with van der Waals surface area (Å²) in [5.41, 5.74) is 1.92. The highest BCUT2D eigenvalue weighted by molar-refractivity contribution is 5.94. The van der Waals surface area contributed by atoms with E-state index in [0.29, 0.717) is 29.4 Å². The highest BCUT2D eigenvalue weighted by atomic mass is 16.5. The zero-order valence-electron chi connectivity index (χ0n) is 12.9. The van der Waals surface area contributed by atoms with Crippen molar-refractivity contribution < 1.29 is 14.3 Å². The third kappa shape index (κ3) is 3.11. The van der Waals surface area contributed by atoms with Crippen LogP contribution in [0.5, 0.6) is 11.5 Å². The van der Waals surface area contributed by atoms with Crippen LogP contribution in [0.3, 0.4) is 0 Å². The van der Waals surface area contributed by atoms with Crippen LogP contribution in [-0.2, 0) is 7.05 Å². The fourth-order valence-corrected chi connectivity index (χ4v) is 2.08. The van der Waals surface area contributed by atoms with E-state index in [2.05, 4.69) is 17.0 Å². The number of rotatable bonds is 6. The van der Waals surface area contributed by atoms with Gasteiger partial charge in [-0.25, -0.2) is 0 Å². The third-order valence-electron chi connectivity index (χ3n) is 3.20. The molecule has 1 N–H and O–H groups in total. The number of methoxy groups -OCH3 is 2. The van der Waals surface area contributed by atoms with Crippen molar-refractivity contribution in [3.63, 3.8) is 0 Å². The molecule has 6 nitrogen and oxygen atoms in total. The molecule has 1 amide bonds. The minimum Gasteiger partial charge on any atom is -0.497 e. The molecule has 0 saturated heterocycles. The van der Waals surface area contributed by atoms with E-state index in [1.54, 1.807) is 39.5 Å². The van der Waals surface area contributed by atoms with Gasteiger partial charge >= 0.3 is 0 Å². The molecule has 116 valence electrons. The first-order valence-electron chi connectivity index (χ1n) is 6.76. The Kier molecular flexibility index (Phi) is 4.83. The van der Waals surface area contributed by atoms with Gasteiger partial charge in [-0.2, -0.15) is 5.10 Å². The molecule has 2 aromatic rings. The van der Waals surface area contributed by atoms with Crippen molar-refractivity contribution in [1.82, 2.24) is 15.1 Å². The van der Waals surface area contributed by atoms with Crippen molar-refractivity contribution in [3.8, 4) is 22.8 Å². The molecule has 1 aromatic heterocycles. The largest absolute Gasteiger partial charge is 0.497 e. The van der Waals surface area contributed by atoms with Gasteiger partial charge in [0, 0.05) is 25.2 Å². The topological polar surface area (TPSA) is 65.4 Å². The molecule has 0 aliphatic rings. The van der Waals surface area contributed by atoms with E-state index in [1.165, 1.54) is 4.68 Å². The molecule has 0 radical (unpaired) electrons. The van der Waals surface area contributed by atoms with E-state index in [-0.39, 0.29) is 5.91 Å². The Balaban J connectivity index is 2.38. The number of nitrogens with one attached hydrogen (secondary N) is 1. The second kappa shape index (κ2) is 6.80. The van der Waals surface area contributed by atoms with Crippen molar-refractivity contribution in [3.05, 3.63) is 42.6 Å². The maximum atomic E-state index is 12.1. The van der Waals surface area contributed by atoms with Crippen molar-refractivity contribution in [2.24, 2.45) is 7.05 Å². The minimum atomic E-state index is -0.200. The van der Waals surface area contributed by atoms with Gasteiger partial charge in [0.25, 0.3) is 5.91 Å². The number of amides is 1. The van der Waals surface area contributed by atoms with Crippen LogP contribution in [0.2, 0.25) is 0 Å². The van der Waals surface area contributed by atoms with Crippen LogP contribution in [0.4, 0.5) is 0 Å². The van der Waals surface area contributed by atoms with Gasteiger partial charge in [-0.3, -0.25) is 9.48 Å². The minimum absolute atomic E-state index is 0.200. The Morgan fingerprint density at radius 1 is 1.36 bits per heavy atom. The van der Waals surface area contributed by atoms with Gasteiger partial charge in [0.2, 0.25) is 0 Å². The van der Waals surface area contributed by atoms with Crippen molar-refractivity contribution in [2.45, 2.75) is 0 Å². The van der Waals surface area contributed by atoms with E-state index in [0.717, 1.165) is 5.56 Å². The van der Waals surface area contributed by atoms with Crippen molar-refractivity contribution in [1.29, 1.82) is 0 Å². The number of aryl methyl sites for hydroxylation is 1. The Hall–Kier alpha value is -2.76. The molecule has 6 heteroatoms. The van der Waals surface area contributed by atoms with Gasteiger partial charge < -0.3 is 14.8 Å². The Morgan fingerprint density at radius 3 is 2.77 bits per heavy atom. The van der Waals surface area contributed by atoms with E-state index in [4.69, 9.17) is 9.47 Å². The predicted molar refractivity (Wildman–Crippen MR) is 84.3 cm³/mol. The summed E-state index contributed by atoms with van der Waals surface area (Å²) in [6, 6.07) is 7.18. The molecule has 0 unspecified atom stereocenters. The molecule has 0 saturated carbocycles. The SMILES string of the molecule is C=CCNC(=O)c1cc(-c2ccc(OC)cc2OC)nn1C. The highest BCUT2D eigenvalue weighted by Crippen LogP contribution is 2.32. The van der Waals surface area contributed by atoms with Crippen LogP contribution in [-0.4, -0.2) is 36.5 Å². The summed E-state index contributed by atoms with van der Waals surface area (Å²) in [4.78, 5) is 12.1. The van der Waals surface area contributed by atoms with Crippen LogP contribution in [0.25, 0.3) is 11.3 Å². The summed E-state index contributed by atoms with van der Waals surface area (Å²) >= 11 is 0. The first-order valence-corrected chi connectivity index (χ1v) is 6.76. The lowest BCUT2D eigenvalue weighted by molar-refractivity contribution is 0.0948. The van der Waals surface area contributed by atoms with Crippen LogP contribution >= 0.6 is 0 Å². The maximum absolute atomic E-state index is 12.1. The Morgan fingerprint density at radius 2 is 2.14 bits per heavy atom. The van der Waals surface area contributed by atoms with Crippen LogP contribution in [0, 0.1) is 0 Å². The van der Waals surface area contributed by atoms with Gasteiger partial charge in [-0.15, -0.1) is 6.58 Å². The molecule has 0 spiro atoms. The smallest absolute Gasteiger partial charge is 0.269 e. The average molecular weight is 301 g/mol. The first-order chi connectivity index (χ1) is 10.6. The van der Waals surface area contributed by atoms with Gasteiger partial charge in [0.15, 0.2) is 0 Å². The Bertz CT molecular complexity index is 692. The van der Waals surface area contributed by atoms with Crippen LogP contribution < -0.4 is 14.8 Å². The van der Waals surface area contributed by atoms with Crippen LogP contribution in [0.1, 0.15) is 10.5 Å². The van der Waals surface area contributed by atoms with Gasteiger partial charge in [-0.1, -0.05) is 6.08 Å². The quantitative estimate of drug-likeness (QED) is 0.829. The molecule has 22 heavy (non-hydrogen) atoms. The average Bonchev–Trinajstić information content (AvgIpc) is 2.93. The van der Waals surface area contributed by atoms with Gasteiger partial charge in [-0.05, 0) is 18.2 Å². The van der Waals surface area contributed by atoms with Gasteiger partial charge in [0.05, 0.1) is 19.9 Å². The first kappa shape index (κ1) is 15.6. The molecule has 1 aromatic carbocycles. The van der Waals surface area contributed by atoms with E-state index < -0.39 is 0 Å². The lowest BCUT2D eigenvalue weighted by atomic mass is 10.1. The highest BCUT2D eigenvalue weighted by Gasteiger charge is 2.16. The number of hydrogen-bond acceptors (Lipinski definition) is 4. The van der Waals surface area contributed by atoms with E-state index in [1.807, 2.05) is 12.1 Å². The summed E-state index contributed by atoms with van der Waals surface area (Å²) in [6.07, 6.45) is 1.63. The summed E-state index contributed by atoms with van der Waals surface area (Å²) in [7, 11) is 4.90. The van der Waals surface area contributed by atoms with E-state index >= 15 is 0 Å². The number of hydrogen-bond donors (Lipinski definition) is 1. The van der Waals surface area contributed by atoms with E-state index in [9.17, 15) is 4.79 Å². The lowest BCUT2D eigenvalue weighted by Crippen LogP contribution is -2.25. The molecule has 0 aliphatic carbocycles. The molecule has 0 fully saturated rings. The molecule has 0 bridgehead atoms. The molecule has 0 aliphatic heterocycles. The monoisotopic (exact) mass is 301 g/mol. The number of aromatic nitrogens is 2. The Labute approximate surface area is 129 Å². The maximum Gasteiger partial charge on any atom is 0.269 e. The summed E-state index contributed by atoms with van der Waals surface area (Å²) in [5, 5.41) is 7.12. The number of nitrogens with zero attached hydrogens (tertiary/aromatic N) is 2. The summed E-state index contributed by atoms with van der Waals surface area (Å²) < 4.78 is 12.1. The van der Waals surface area contributed by atoms with Crippen LogP contribution in [0.15, 0.2) is 36.9 Å². The molecule has 2 rings (SSSR count). The zero-order valence-corrected chi connectivity index (χ0v) is 12.9. The molecular formula is C16H19N3O3. The molecule has 1 heterocycles. The summed E-state index contributed by atoms with van der Waals surface area (Å²) in [5.74, 6) is 1.13. The van der Waals surface area contributed by atoms with Crippen molar-refractivity contribution >= 4 is 5.91 Å². The molecular weight excluding hydrogens is 282 g/mol. The van der Waals surface area contributed by atoms with Crippen molar-refractivity contribution in [2.75, 3.05) is 20.8 Å². The fourth-order valence-electron chi connectivity index (χ4n) is 2.08. The number of carbonyl (C=O) groups is 1. The second-order valence-electron chi connectivity index (χ2n) is 4.60. The third-order valence-corrected chi connectivity index (χ3v) is 3.20. The van der Waals surface area contributed by atoms with Gasteiger partial charge in [0.1, 0.15) is 17.2 Å². The fraction of sp³-hybridized carbons (Fsp3) is 0.250. The lowest BCUT2D eigenvalue weighted by Gasteiger charge is -2.08. The number of benzene rings is 1. The second-order valence-corrected chi connectivity index (χ2v) is 4.60. The number of ether oxygens (including phenoxy) is 2. The zero-order chi connectivity index (χ0) is 16.1. The molecule has 0 atom stereocenters. The number of carbonyl (C=O) groups excluding carboxylic acids is 1. The summed E-state index contributed by atoms with van der Waals surface area (Å²) in [6.45, 7) is 3.98. The normalized spacial score (nSPS) is 10.1. The standard InChI is InChI=1S/C16H19N3O3/c1-5-8-17-16(20)14-10-13(18-19(14)2)12-7-6-11(21-3)9-15(12)22-4/h5-7,9-10H,1,8H2,2-4H3,(H,17,20). The predicted octanol–water partition coefficient (Wildman–Crippen LogP) is 2.02.